The summed E-state index contributed by atoms with van der Waals surface area (Å²) < 4.78 is 47.3. The van der Waals surface area contributed by atoms with E-state index < -0.39 is 23.2 Å². The summed E-state index contributed by atoms with van der Waals surface area (Å²) in [5, 5.41) is 11.5. The molecule has 0 radical (unpaired) electrons. The highest BCUT2D eigenvalue weighted by atomic mass is 35.5. The van der Waals surface area contributed by atoms with Crippen molar-refractivity contribution in [3.8, 4) is 5.75 Å². The number of carbonyl (C=O) groups excluding carboxylic acids is 2. The van der Waals surface area contributed by atoms with Gasteiger partial charge in [0, 0.05) is 56.3 Å². The fourth-order valence-electron chi connectivity index (χ4n) is 5.17. The molecular weight excluding hydrogens is 581 g/mol. The third-order valence-corrected chi connectivity index (χ3v) is 9.56. The zero-order chi connectivity index (χ0) is 29.9. The number of aromatic nitrogens is 1. The average molecular weight is 615 g/mol. The maximum Gasteiger partial charge on any atom is 0.430 e. The van der Waals surface area contributed by atoms with Crippen molar-refractivity contribution in [3.05, 3.63) is 52.7 Å². The van der Waals surface area contributed by atoms with Gasteiger partial charge in [-0.05, 0) is 49.9 Å². The number of anilines is 1. The Morgan fingerprint density at radius 3 is 2.20 bits per heavy atom. The second-order valence-corrected chi connectivity index (χ2v) is 12.4. The predicted octanol–water partition coefficient (Wildman–Crippen LogP) is 4.59. The molecule has 1 atom stereocenters. The average Bonchev–Trinajstić information content (AvgIpc) is 2.96. The number of benzene rings is 1. The fraction of sp³-hybridized carbons (Fsp3) is 0.536. The van der Waals surface area contributed by atoms with Gasteiger partial charge in [0.25, 0.3) is 17.4 Å². The predicted molar refractivity (Wildman–Crippen MR) is 153 cm³/mol. The van der Waals surface area contributed by atoms with Crippen LogP contribution in [0.5, 0.6) is 5.75 Å². The van der Waals surface area contributed by atoms with Crippen LogP contribution >= 0.6 is 23.4 Å². The van der Waals surface area contributed by atoms with Gasteiger partial charge < -0.3 is 24.5 Å². The molecule has 2 aromatic rings. The number of hydrogen-bond acceptors (Lipinski definition) is 7. The zero-order valence-corrected chi connectivity index (χ0v) is 24.7. The van der Waals surface area contributed by atoms with Crippen LogP contribution in [0, 0.1) is 0 Å². The van der Waals surface area contributed by atoms with Crippen molar-refractivity contribution in [3.63, 3.8) is 0 Å². The van der Waals surface area contributed by atoms with Crippen molar-refractivity contribution in [1.82, 2.24) is 14.8 Å². The summed E-state index contributed by atoms with van der Waals surface area (Å²) in [6.45, 7) is 1.80. The molecule has 2 amide bonds. The minimum atomic E-state index is -5.20. The molecule has 8 nitrogen and oxygen atoms in total. The second-order valence-electron chi connectivity index (χ2n) is 10.5. The number of piperidine rings is 2. The van der Waals surface area contributed by atoms with E-state index in [4.69, 9.17) is 16.3 Å². The molecule has 1 aromatic carbocycles. The first-order valence-electron chi connectivity index (χ1n) is 13.4. The number of rotatable bonds is 7. The molecule has 2 fully saturated rings. The lowest BCUT2D eigenvalue weighted by atomic mass is 9.90. The van der Waals surface area contributed by atoms with Crippen LogP contribution in [0.25, 0.3) is 0 Å². The summed E-state index contributed by atoms with van der Waals surface area (Å²) in [6.07, 6.45) is -2.32. The van der Waals surface area contributed by atoms with E-state index in [1.807, 2.05) is 11.8 Å². The van der Waals surface area contributed by atoms with Crippen LogP contribution in [0.1, 0.15) is 41.6 Å². The van der Waals surface area contributed by atoms with Gasteiger partial charge in [-0.15, -0.1) is 0 Å². The van der Waals surface area contributed by atoms with E-state index in [1.54, 1.807) is 26.2 Å². The number of likely N-dealkylation sites (tertiary alicyclic amines) is 1. The Labute approximate surface area is 246 Å². The number of alkyl halides is 3. The highest BCUT2D eigenvalue weighted by Crippen LogP contribution is 2.42. The molecule has 224 valence electrons. The Morgan fingerprint density at radius 1 is 1.05 bits per heavy atom. The summed E-state index contributed by atoms with van der Waals surface area (Å²) in [5.41, 5.74) is -3.86. The van der Waals surface area contributed by atoms with Crippen LogP contribution in [0.3, 0.4) is 0 Å². The van der Waals surface area contributed by atoms with Gasteiger partial charge in [-0.2, -0.15) is 24.9 Å². The molecule has 0 aliphatic carbocycles. The number of halogens is 4. The minimum absolute atomic E-state index is 0.120. The molecule has 41 heavy (non-hydrogen) atoms. The van der Waals surface area contributed by atoms with Crippen LogP contribution in [-0.2, 0) is 10.4 Å². The SMILES string of the molecule is COc1cccc(C(O)(C(=O)N2CCC(SC3CCN(c4ccc(C(=O)N(C)C)c(Cl)n4)CC3)CC2)C(F)(F)F)c1. The van der Waals surface area contributed by atoms with Gasteiger partial charge in [0.15, 0.2) is 0 Å². The molecule has 0 bridgehead atoms. The molecule has 2 aliphatic rings. The molecule has 2 aliphatic heterocycles. The second kappa shape index (κ2) is 12.7. The summed E-state index contributed by atoms with van der Waals surface area (Å²) >= 11 is 8.10. The molecule has 4 rings (SSSR count). The van der Waals surface area contributed by atoms with E-state index in [0.29, 0.717) is 29.5 Å². The smallest absolute Gasteiger partial charge is 0.430 e. The van der Waals surface area contributed by atoms with Crippen LogP contribution < -0.4 is 9.64 Å². The standard InChI is InChI=1S/C28H34ClF3N4O4S/c1-34(2)25(37)22-7-8-23(33-24(22)29)35-13-9-20(10-14-35)41-21-11-15-36(16-12-21)26(38)27(39,28(30,31)32)18-5-4-6-19(17-18)40-3/h4-8,17,20-21,39H,9-16H2,1-3H3. The van der Waals surface area contributed by atoms with E-state index in [9.17, 15) is 27.9 Å². The van der Waals surface area contributed by atoms with Crippen molar-refractivity contribution >= 4 is 41.0 Å². The largest absolute Gasteiger partial charge is 0.497 e. The number of hydrogen-bond donors (Lipinski definition) is 1. The number of pyridine rings is 1. The molecule has 1 aromatic heterocycles. The Morgan fingerprint density at radius 2 is 1.66 bits per heavy atom. The van der Waals surface area contributed by atoms with Gasteiger partial charge in [-0.1, -0.05) is 23.7 Å². The lowest BCUT2D eigenvalue weighted by Gasteiger charge is -2.40. The molecule has 13 heteroatoms. The van der Waals surface area contributed by atoms with E-state index in [1.165, 1.54) is 24.1 Å². The van der Waals surface area contributed by atoms with Crippen LogP contribution in [-0.4, -0.2) is 95.8 Å². The zero-order valence-electron chi connectivity index (χ0n) is 23.2. The first-order chi connectivity index (χ1) is 19.3. The van der Waals surface area contributed by atoms with Crippen LogP contribution in [0.4, 0.5) is 19.0 Å². The molecule has 0 saturated carbocycles. The normalized spacial score (nSPS) is 18.6. The Bertz CT molecular complexity index is 1250. The van der Waals surface area contributed by atoms with E-state index in [2.05, 4.69) is 9.88 Å². The molecule has 0 spiro atoms. The van der Waals surface area contributed by atoms with Crippen molar-refractivity contribution in [2.24, 2.45) is 0 Å². The van der Waals surface area contributed by atoms with E-state index >= 15 is 0 Å². The third-order valence-electron chi connectivity index (χ3n) is 7.56. The number of amides is 2. The first kappa shape index (κ1) is 31.2. The highest BCUT2D eigenvalue weighted by Gasteiger charge is 2.62. The quantitative estimate of drug-likeness (QED) is 0.457. The van der Waals surface area contributed by atoms with Gasteiger partial charge in [0.1, 0.15) is 16.7 Å². The molecule has 1 unspecified atom stereocenters. The number of aliphatic hydroxyl groups is 1. The maximum atomic E-state index is 14.1. The molecule has 3 heterocycles. The Hall–Kier alpha value is -2.70. The molecule has 1 N–H and O–H groups in total. The number of ether oxygens (including phenoxy) is 1. The van der Waals surface area contributed by atoms with Crippen molar-refractivity contribution in [2.45, 2.75) is 48.0 Å². The van der Waals surface area contributed by atoms with Crippen LogP contribution in [0.2, 0.25) is 5.15 Å². The summed E-state index contributed by atoms with van der Waals surface area (Å²) in [5.74, 6) is -0.733. The number of thioether (sulfide) groups is 1. The number of carbonyl (C=O) groups is 2. The monoisotopic (exact) mass is 614 g/mol. The molecule has 2 saturated heterocycles. The lowest BCUT2D eigenvalue weighted by molar-refractivity contribution is -0.262. The first-order valence-corrected chi connectivity index (χ1v) is 14.7. The van der Waals surface area contributed by atoms with Crippen LogP contribution in [0.15, 0.2) is 36.4 Å². The van der Waals surface area contributed by atoms with Crippen molar-refractivity contribution < 1.29 is 32.6 Å². The van der Waals surface area contributed by atoms with Gasteiger partial charge in [0.2, 0.25) is 0 Å². The number of methoxy groups -OCH3 is 1. The minimum Gasteiger partial charge on any atom is -0.497 e. The summed E-state index contributed by atoms with van der Waals surface area (Å²) in [7, 11) is 4.61. The fourth-order valence-corrected chi connectivity index (χ4v) is 6.92. The van der Waals surface area contributed by atoms with Gasteiger partial charge in [-0.25, -0.2) is 4.98 Å². The van der Waals surface area contributed by atoms with Gasteiger partial charge in [-0.3, -0.25) is 9.59 Å². The highest BCUT2D eigenvalue weighted by molar-refractivity contribution is 8.00. The Balaban J connectivity index is 1.31. The topological polar surface area (TPSA) is 86.2 Å². The maximum absolute atomic E-state index is 14.1. The number of nitrogens with zero attached hydrogens (tertiary/aromatic N) is 4. The Kier molecular flexibility index (Phi) is 9.65. The lowest BCUT2D eigenvalue weighted by Crippen LogP contribution is -2.57. The molecular formula is C28H34ClF3N4O4S. The van der Waals surface area contributed by atoms with Gasteiger partial charge in [0.05, 0.1) is 12.7 Å². The van der Waals surface area contributed by atoms with Crippen molar-refractivity contribution in [1.29, 1.82) is 0 Å². The summed E-state index contributed by atoms with van der Waals surface area (Å²) in [6, 6.07) is 8.39. The third kappa shape index (κ3) is 6.70. The van der Waals surface area contributed by atoms with Crippen molar-refractivity contribution in [2.75, 3.05) is 52.3 Å². The van der Waals surface area contributed by atoms with Gasteiger partial charge >= 0.3 is 6.18 Å². The van der Waals surface area contributed by atoms with E-state index in [0.717, 1.165) is 43.0 Å². The van der Waals surface area contributed by atoms with E-state index in [-0.39, 0.29) is 35.1 Å². The summed E-state index contributed by atoms with van der Waals surface area (Å²) in [4.78, 5) is 34.5.